The summed E-state index contributed by atoms with van der Waals surface area (Å²) in [4.78, 5) is 0.223. The maximum absolute atomic E-state index is 13.1. The molecule has 0 N–H and O–H groups in total. The summed E-state index contributed by atoms with van der Waals surface area (Å²) in [6.45, 7) is 1.99. The average molecular weight is 359 g/mol. The molecule has 2 aromatic carbocycles. The quantitative estimate of drug-likeness (QED) is 0.696. The third kappa shape index (κ3) is 2.58. The van der Waals surface area contributed by atoms with Crippen LogP contribution in [0.5, 0.6) is 0 Å². The maximum atomic E-state index is 13.1. The van der Waals surface area contributed by atoms with Crippen molar-refractivity contribution in [3.05, 3.63) is 64.8 Å². The monoisotopic (exact) mass is 358 g/mol. The van der Waals surface area contributed by atoms with E-state index in [4.69, 9.17) is 16.9 Å². The average Bonchev–Trinajstić information content (AvgIpc) is 2.96. The zero-order valence-corrected chi connectivity index (χ0v) is 14.6. The van der Waals surface area contributed by atoms with Crippen LogP contribution < -0.4 is 0 Å². The topological polar surface area (TPSA) is 62.9 Å². The number of halogens is 1. The van der Waals surface area contributed by atoms with Crippen LogP contribution in [0.25, 0.3) is 10.9 Å². The largest absolute Gasteiger partial charge is 0.268 e. The fourth-order valence-corrected chi connectivity index (χ4v) is 4.61. The number of fused-ring (bicyclic) bond motifs is 1. The number of hydrogen-bond acceptors (Lipinski definition) is 3. The Morgan fingerprint density at radius 3 is 2.50 bits per heavy atom. The van der Waals surface area contributed by atoms with Gasteiger partial charge in [0.25, 0.3) is 10.0 Å². The molecular weight excluding hydrogens is 344 g/mol. The van der Waals surface area contributed by atoms with Crippen molar-refractivity contribution in [1.82, 2.24) is 3.97 Å². The lowest BCUT2D eigenvalue weighted by Gasteiger charge is -2.11. The lowest BCUT2D eigenvalue weighted by Crippen LogP contribution is -2.15. The third-order valence-corrected chi connectivity index (χ3v) is 6.04. The molecule has 3 rings (SSSR count). The number of aromatic nitrogens is 1. The van der Waals surface area contributed by atoms with E-state index in [0.717, 1.165) is 6.42 Å². The van der Waals surface area contributed by atoms with E-state index in [1.807, 2.05) is 13.0 Å². The maximum Gasteiger partial charge on any atom is 0.268 e. The summed E-state index contributed by atoms with van der Waals surface area (Å²) in [5.74, 6) is 0. The minimum Gasteiger partial charge on any atom is -0.238 e. The van der Waals surface area contributed by atoms with Crippen molar-refractivity contribution in [2.24, 2.45) is 0 Å². The second kappa shape index (κ2) is 6.31. The Hall–Kier alpha value is -2.29. The normalized spacial score (nSPS) is 11.5. The van der Waals surface area contributed by atoms with E-state index in [2.05, 4.69) is 0 Å². The molecule has 1 aromatic heterocycles. The Bertz CT molecular complexity index is 1050. The number of nitrogens with zero attached hydrogens (tertiary/aromatic N) is 2. The van der Waals surface area contributed by atoms with Gasteiger partial charge in [0, 0.05) is 11.1 Å². The fourth-order valence-electron chi connectivity index (χ4n) is 2.78. The van der Waals surface area contributed by atoms with Crippen LogP contribution in [0.4, 0.5) is 0 Å². The highest BCUT2D eigenvalue weighted by molar-refractivity contribution is 7.90. The van der Waals surface area contributed by atoms with Crippen LogP contribution >= 0.6 is 11.6 Å². The molecule has 0 radical (unpaired) electrons. The Balaban J connectivity index is 2.37. The summed E-state index contributed by atoms with van der Waals surface area (Å²) in [7, 11) is -3.74. The highest BCUT2D eigenvalue weighted by Crippen LogP contribution is 2.33. The number of aryl methyl sites for hydroxylation is 1. The third-order valence-electron chi connectivity index (χ3n) is 3.86. The fraction of sp³-hybridized carbons (Fsp3) is 0.167. The minimum absolute atomic E-state index is 0.223. The number of rotatable bonds is 4. The van der Waals surface area contributed by atoms with E-state index in [9.17, 15) is 8.42 Å². The lowest BCUT2D eigenvalue weighted by atomic mass is 10.1. The van der Waals surface area contributed by atoms with Gasteiger partial charge in [0.05, 0.1) is 21.0 Å². The van der Waals surface area contributed by atoms with Crippen LogP contribution in [0.3, 0.4) is 0 Å². The standard InChI is InChI=1S/C18H15ClN2O2S/c1-2-6-14-11-16-17(10-9-13(12-20)18(16)19)21(14)24(22,23)15-7-4-3-5-8-15/h3-5,7-11H,2,6H2,1H3. The van der Waals surface area contributed by atoms with E-state index in [0.29, 0.717) is 28.6 Å². The van der Waals surface area contributed by atoms with Crippen molar-refractivity contribution in [2.45, 2.75) is 24.7 Å². The second-order valence-corrected chi connectivity index (χ2v) is 7.60. The van der Waals surface area contributed by atoms with Crippen molar-refractivity contribution >= 4 is 32.5 Å². The molecule has 0 fully saturated rings. The van der Waals surface area contributed by atoms with Gasteiger partial charge in [-0.3, -0.25) is 0 Å². The van der Waals surface area contributed by atoms with Gasteiger partial charge in [-0.15, -0.1) is 0 Å². The Morgan fingerprint density at radius 1 is 1.17 bits per heavy atom. The molecule has 0 saturated carbocycles. The molecule has 0 atom stereocenters. The number of nitriles is 1. The van der Waals surface area contributed by atoms with Gasteiger partial charge in [0.2, 0.25) is 0 Å². The zero-order valence-electron chi connectivity index (χ0n) is 13.0. The summed E-state index contributed by atoms with van der Waals surface area (Å²) in [5.41, 5.74) is 1.49. The second-order valence-electron chi connectivity index (χ2n) is 5.44. The lowest BCUT2D eigenvalue weighted by molar-refractivity contribution is 0.586. The Morgan fingerprint density at radius 2 is 1.88 bits per heavy atom. The first-order chi connectivity index (χ1) is 11.5. The summed E-state index contributed by atoms with van der Waals surface area (Å²) in [5, 5.41) is 10.0. The first kappa shape index (κ1) is 16.6. The van der Waals surface area contributed by atoms with Crippen molar-refractivity contribution in [1.29, 1.82) is 5.26 Å². The molecule has 0 bridgehead atoms. The Kier molecular flexibility index (Phi) is 4.35. The van der Waals surface area contributed by atoms with Crippen LogP contribution in [0.15, 0.2) is 53.4 Å². The first-order valence-electron chi connectivity index (χ1n) is 7.54. The Labute approximate surface area is 146 Å². The zero-order chi connectivity index (χ0) is 17.3. The van der Waals surface area contributed by atoms with Gasteiger partial charge in [0.15, 0.2) is 0 Å². The molecule has 0 aliphatic heterocycles. The highest BCUT2D eigenvalue weighted by Gasteiger charge is 2.24. The summed E-state index contributed by atoms with van der Waals surface area (Å²) in [6.07, 6.45) is 1.39. The van der Waals surface area contributed by atoms with Gasteiger partial charge in [-0.25, -0.2) is 12.4 Å². The predicted octanol–water partition coefficient (Wildman–Crippen LogP) is 4.36. The van der Waals surface area contributed by atoms with Gasteiger partial charge < -0.3 is 0 Å². The van der Waals surface area contributed by atoms with Gasteiger partial charge in [-0.2, -0.15) is 5.26 Å². The molecule has 6 heteroatoms. The first-order valence-corrected chi connectivity index (χ1v) is 9.36. The van der Waals surface area contributed by atoms with Crippen LogP contribution in [0.2, 0.25) is 5.02 Å². The van der Waals surface area contributed by atoms with Crippen molar-refractivity contribution in [3.63, 3.8) is 0 Å². The summed E-state index contributed by atoms with van der Waals surface area (Å²) >= 11 is 6.29. The van der Waals surface area contributed by atoms with Crippen LogP contribution in [-0.2, 0) is 16.4 Å². The molecule has 0 unspecified atom stereocenters. The van der Waals surface area contributed by atoms with Gasteiger partial charge in [-0.1, -0.05) is 43.1 Å². The van der Waals surface area contributed by atoms with Gasteiger partial charge in [-0.05, 0) is 36.8 Å². The molecule has 0 amide bonds. The highest BCUT2D eigenvalue weighted by atomic mass is 35.5. The smallest absolute Gasteiger partial charge is 0.238 e. The molecular formula is C18H15ClN2O2S. The van der Waals surface area contributed by atoms with Crippen LogP contribution in [-0.4, -0.2) is 12.4 Å². The van der Waals surface area contributed by atoms with Gasteiger partial charge in [0.1, 0.15) is 6.07 Å². The van der Waals surface area contributed by atoms with Gasteiger partial charge >= 0.3 is 0 Å². The van der Waals surface area contributed by atoms with E-state index in [1.54, 1.807) is 48.5 Å². The summed E-state index contributed by atoms with van der Waals surface area (Å²) < 4.78 is 27.6. The van der Waals surface area contributed by atoms with E-state index in [-0.39, 0.29) is 9.92 Å². The van der Waals surface area contributed by atoms with Crippen molar-refractivity contribution in [2.75, 3.05) is 0 Å². The predicted molar refractivity (Wildman–Crippen MR) is 94.7 cm³/mol. The molecule has 4 nitrogen and oxygen atoms in total. The van der Waals surface area contributed by atoms with Crippen LogP contribution in [0.1, 0.15) is 24.6 Å². The van der Waals surface area contributed by atoms with E-state index < -0.39 is 10.0 Å². The molecule has 24 heavy (non-hydrogen) atoms. The molecule has 0 spiro atoms. The van der Waals surface area contributed by atoms with Crippen molar-refractivity contribution in [3.8, 4) is 6.07 Å². The molecule has 1 heterocycles. The molecule has 0 aliphatic rings. The number of hydrogen-bond donors (Lipinski definition) is 0. The SMILES string of the molecule is CCCc1cc2c(Cl)c(C#N)ccc2n1S(=O)(=O)c1ccccc1. The molecule has 0 saturated heterocycles. The van der Waals surface area contributed by atoms with Crippen LogP contribution in [0, 0.1) is 11.3 Å². The molecule has 0 aliphatic carbocycles. The van der Waals surface area contributed by atoms with E-state index >= 15 is 0 Å². The molecule has 3 aromatic rings. The molecule has 122 valence electrons. The summed E-state index contributed by atoms with van der Waals surface area (Å²) in [6, 6.07) is 15.3. The minimum atomic E-state index is -3.74. The van der Waals surface area contributed by atoms with Crippen molar-refractivity contribution < 1.29 is 8.42 Å². The number of benzene rings is 2. The van der Waals surface area contributed by atoms with E-state index in [1.165, 1.54) is 3.97 Å².